The van der Waals surface area contributed by atoms with E-state index in [4.69, 9.17) is 0 Å². The molecule has 2 fully saturated rings. The maximum atomic E-state index is 11.1. The summed E-state index contributed by atoms with van der Waals surface area (Å²) in [5, 5.41) is 20.8. The second kappa shape index (κ2) is 5.44. The molecule has 2 aliphatic rings. The Balaban J connectivity index is 2.10. The molecule has 2 saturated carbocycles. The minimum absolute atomic E-state index is 0.460. The van der Waals surface area contributed by atoms with E-state index in [9.17, 15) is 10.4 Å². The second-order valence-corrected chi connectivity index (χ2v) is 7.49. The molecule has 0 saturated heterocycles. The molecule has 0 radical (unpaired) electrons. The molecule has 2 aliphatic carbocycles. The Morgan fingerprint density at radius 1 is 1.05 bits per heavy atom. The molecule has 0 aliphatic heterocycles. The van der Waals surface area contributed by atoms with E-state index in [2.05, 4.69) is 26.8 Å². The number of aliphatic hydroxyl groups is 1. The fourth-order valence-electron chi connectivity index (χ4n) is 4.20. The molecule has 108 valence electrons. The molecule has 2 heteroatoms. The van der Waals surface area contributed by atoms with Gasteiger partial charge in [-0.1, -0.05) is 20.8 Å². The summed E-state index contributed by atoms with van der Waals surface area (Å²) in [7, 11) is 0. The standard InChI is InChI=1S/C17H29NO/c1-13(2)15-6-8-16(12-18,9-7-15)17(19)10-4-14(3)5-11-17/h13-15,19H,4-11H2,1-3H3. The highest BCUT2D eigenvalue weighted by Gasteiger charge is 2.53. The van der Waals surface area contributed by atoms with Gasteiger partial charge >= 0.3 is 0 Å². The third-order valence-corrected chi connectivity index (χ3v) is 6.03. The van der Waals surface area contributed by atoms with E-state index in [1.54, 1.807) is 0 Å². The van der Waals surface area contributed by atoms with Gasteiger partial charge in [-0.05, 0) is 69.1 Å². The van der Waals surface area contributed by atoms with E-state index in [1.807, 2.05) is 0 Å². The summed E-state index contributed by atoms with van der Waals surface area (Å²) in [6.45, 7) is 6.82. The molecule has 0 spiro atoms. The summed E-state index contributed by atoms with van der Waals surface area (Å²) >= 11 is 0. The van der Waals surface area contributed by atoms with Crippen LogP contribution in [-0.4, -0.2) is 10.7 Å². The first-order chi connectivity index (χ1) is 8.92. The van der Waals surface area contributed by atoms with E-state index in [-0.39, 0.29) is 0 Å². The lowest BCUT2D eigenvalue weighted by Crippen LogP contribution is -2.51. The number of nitrogens with zero attached hydrogens (tertiary/aromatic N) is 1. The van der Waals surface area contributed by atoms with Gasteiger partial charge in [-0.2, -0.15) is 5.26 Å². The van der Waals surface area contributed by atoms with Gasteiger partial charge in [0.05, 0.1) is 17.1 Å². The van der Waals surface area contributed by atoms with E-state index in [0.29, 0.717) is 11.8 Å². The summed E-state index contributed by atoms with van der Waals surface area (Å²) in [4.78, 5) is 0. The first-order valence-corrected chi connectivity index (χ1v) is 8.06. The lowest BCUT2D eigenvalue weighted by Gasteiger charge is -2.49. The highest BCUT2D eigenvalue weighted by Crippen LogP contribution is 2.53. The summed E-state index contributed by atoms with van der Waals surface area (Å²) in [6.07, 6.45) is 7.84. The lowest BCUT2D eigenvalue weighted by atomic mass is 9.56. The lowest BCUT2D eigenvalue weighted by molar-refractivity contribution is -0.110. The molecule has 0 aromatic heterocycles. The molecule has 2 nitrogen and oxygen atoms in total. The topological polar surface area (TPSA) is 44.0 Å². The Kier molecular flexibility index (Phi) is 4.26. The van der Waals surface area contributed by atoms with Crippen molar-refractivity contribution in [3.8, 4) is 6.07 Å². The summed E-state index contributed by atoms with van der Waals surface area (Å²) in [5.74, 6) is 2.16. The predicted molar refractivity (Wildman–Crippen MR) is 77.4 cm³/mol. The zero-order valence-corrected chi connectivity index (χ0v) is 12.8. The minimum Gasteiger partial charge on any atom is -0.388 e. The van der Waals surface area contributed by atoms with Crippen LogP contribution in [0.1, 0.15) is 72.1 Å². The van der Waals surface area contributed by atoms with Gasteiger partial charge in [0, 0.05) is 0 Å². The third-order valence-electron chi connectivity index (χ3n) is 6.03. The number of rotatable bonds is 2. The molecule has 0 amide bonds. The largest absolute Gasteiger partial charge is 0.388 e. The van der Waals surface area contributed by atoms with Crippen molar-refractivity contribution in [1.82, 2.24) is 0 Å². The van der Waals surface area contributed by atoms with Crippen molar-refractivity contribution in [3.63, 3.8) is 0 Å². The maximum Gasteiger partial charge on any atom is 0.0860 e. The van der Waals surface area contributed by atoms with Crippen LogP contribution < -0.4 is 0 Å². The van der Waals surface area contributed by atoms with Gasteiger partial charge < -0.3 is 5.11 Å². The van der Waals surface area contributed by atoms with Gasteiger partial charge in [-0.15, -0.1) is 0 Å². The first kappa shape index (κ1) is 14.9. The molecule has 0 heterocycles. The number of hydrogen-bond acceptors (Lipinski definition) is 2. The molecule has 19 heavy (non-hydrogen) atoms. The van der Waals surface area contributed by atoms with Crippen molar-refractivity contribution in [1.29, 1.82) is 5.26 Å². The van der Waals surface area contributed by atoms with Crippen molar-refractivity contribution < 1.29 is 5.11 Å². The summed E-state index contributed by atoms with van der Waals surface area (Å²) in [6, 6.07) is 2.55. The van der Waals surface area contributed by atoms with Crippen molar-refractivity contribution in [3.05, 3.63) is 0 Å². The Morgan fingerprint density at radius 2 is 1.58 bits per heavy atom. The van der Waals surface area contributed by atoms with E-state index >= 15 is 0 Å². The van der Waals surface area contributed by atoms with Crippen molar-refractivity contribution in [2.45, 2.75) is 77.7 Å². The molecule has 0 aromatic rings. The van der Waals surface area contributed by atoms with Crippen molar-refractivity contribution in [2.24, 2.45) is 23.2 Å². The van der Waals surface area contributed by atoms with Gasteiger partial charge in [0.25, 0.3) is 0 Å². The molecular formula is C17H29NO. The minimum atomic E-state index is -0.712. The van der Waals surface area contributed by atoms with Crippen LogP contribution in [0.4, 0.5) is 0 Å². The smallest absolute Gasteiger partial charge is 0.0860 e. The van der Waals surface area contributed by atoms with Crippen LogP contribution in [0, 0.1) is 34.5 Å². The number of nitriles is 1. The van der Waals surface area contributed by atoms with Gasteiger partial charge in [0.15, 0.2) is 0 Å². The summed E-state index contributed by atoms with van der Waals surface area (Å²) < 4.78 is 0. The fourth-order valence-corrected chi connectivity index (χ4v) is 4.20. The Hall–Kier alpha value is -0.550. The molecule has 0 atom stereocenters. The van der Waals surface area contributed by atoms with Crippen LogP contribution in [-0.2, 0) is 0 Å². The fraction of sp³-hybridized carbons (Fsp3) is 0.941. The molecule has 1 N–H and O–H groups in total. The Labute approximate surface area is 118 Å². The molecule has 2 rings (SSSR count). The van der Waals surface area contributed by atoms with Crippen molar-refractivity contribution >= 4 is 0 Å². The van der Waals surface area contributed by atoms with Crippen LogP contribution in [0.15, 0.2) is 0 Å². The zero-order chi connectivity index (χ0) is 14.1. The molecule has 0 unspecified atom stereocenters. The average Bonchev–Trinajstić information content (AvgIpc) is 2.42. The second-order valence-electron chi connectivity index (χ2n) is 7.49. The van der Waals surface area contributed by atoms with Crippen LogP contribution >= 0.6 is 0 Å². The number of hydrogen-bond donors (Lipinski definition) is 1. The van der Waals surface area contributed by atoms with Gasteiger partial charge in [-0.3, -0.25) is 0 Å². The van der Waals surface area contributed by atoms with Crippen LogP contribution in [0.5, 0.6) is 0 Å². The predicted octanol–water partition coefficient (Wildman–Crippen LogP) is 4.28. The monoisotopic (exact) mass is 263 g/mol. The molecule has 0 aromatic carbocycles. The zero-order valence-electron chi connectivity index (χ0n) is 12.8. The van der Waals surface area contributed by atoms with Crippen LogP contribution in [0.2, 0.25) is 0 Å². The molecule has 0 bridgehead atoms. The highest BCUT2D eigenvalue weighted by molar-refractivity contribution is 5.14. The van der Waals surface area contributed by atoms with Gasteiger partial charge in [0.2, 0.25) is 0 Å². The maximum absolute atomic E-state index is 11.1. The van der Waals surface area contributed by atoms with Crippen molar-refractivity contribution in [2.75, 3.05) is 0 Å². The van der Waals surface area contributed by atoms with E-state index < -0.39 is 11.0 Å². The van der Waals surface area contributed by atoms with E-state index in [1.165, 1.54) is 0 Å². The Bertz CT molecular complexity index is 339. The Morgan fingerprint density at radius 3 is 2.00 bits per heavy atom. The molecular weight excluding hydrogens is 234 g/mol. The SMILES string of the molecule is CC1CCC(O)(C2(C#N)CCC(C(C)C)CC2)CC1. The highest BCUT2D eigenvalue weighted by atomic mass is 16.3. The van der Waals surface area contributed by atoms with E-state index in [0.717, 1.165) is 57.3 Å². The third kappa shape index (κ3) is 2.68. The quantitative estimate of drug-likeness (QED) is 0.808. The van der Waals surface area contributed by atoms with Gasteiger partial charge in [-0.25, -0.2) is 0 Å². The van der Waals surface area contributed by atoms with Crippen LogP contribution in [0.3, 0.4) is 0 Å². The first-order valence-electron chi connectivity index (χ1n) is 8.06. The summed E-state index contributed by atoms with van der Waals surface area (Å²) in [5.41, 5.74) is -1.17. The van der Waals surface area contributed by atoms with Gasteiger partial charge in [0.1, 0.15) is 0 Å². The van der Waals surface area contributed by atoms with Crippen LogP contribution in [0.25, 0.3) is 0 Å². The average molecular weight is 263 g/mol. The normalized spacial score (nSPS) is 44.0.